The maximum Gasteiger partial charge on any atom is 0.262 e. The van der Waals surface area contributed by atoms with Gasteiger partial charge in [-0.2, -0.15) is 5.26 Å². The van der Waals surface area contributed by atoms with Gasteiger partial charge in [-0.1, -0.05) is 11.6 Å². The molecule has 1 N–H and O–H groups in total. The highest BCUT2D eigenvalue weighted by atomic mass is 35.5. The van der Waals surface area contributed by atoms with Crippen LogP contribution in [-0.2, 0) is 9.59 Å². The van der Waals surface area contributed by atoms with Gasteiger partial charge in [-0.05, 0) is 73.9 Å². The molecule has 8 rings (SSSR count). The Labute approximate surface area is 324 Å². The van der Waals surface area contributed by atoms with Crippen molar-refractivity contribution in [2.45, 2.75) is 56.7 Å². The number of imide groups is 2. The van der Waals surface area contributed by atoms with Crippen molar-refractivity contribution < 1.29 is 28.7 Å². The zero-order valence-electron chi connectivity index (χ0n) is 30.4. The van der Waals surface area contributed by atoms with Crippen LogP contribution in [0.3, 0.4) is 0 Å². The molecule has 0 aromatic heterocycles. The van der Waals surface area contributed by atoms with Gasteiger partial charge in [-0.15, -0.1) is 0 Å². The molecule has 55 heavy (non-hydrogen) atoms. The van der Waals surface area contributed by atoms with Crippen molar-refractivity contribution in [1.82, 2.24) is 20.0 Å². The van der Waals surface area contributed by atoms with E-state index in [0.717, 1.165) is 81.2 Å². The second kappa shape index (κ2) is 15.4. The molecular weight excluding hydrogens is 722 g/mol. The molecule has 5 aliphatic heterocycles. The summed E-state index contributed by atoms with van der Waals surface area (Å²) in [5.74, 6) is -1.33. The first-order valence-electron chi connectivity index (χ1n) is 19.0. The molecule has 4 fully saturated rings. The van der Waals surface area contributed by atoms with Crippen molar-refractivity contribution >= 4 is 52.5 Å². The Hall–Kier alpha value is -5.45. The number of halogens is 1. The number of hydrogen-bond acceptors (Lipinski definition) is 10. The van der Waals surface area contributed by atoms with Gasteiger partial charge in [0.1, 0.15) is 24.0 Å². The predicted molar refractivity (Wildman–Crippen MR) is 204 cm³/mol. The van der Waals surface area contributed by atoms with E-state index in [-0.39, 0.29) is 24.9 Å². The number of anilines is 2. The number of piperazine rings is 1. The molecule has 14 heteroatoms. The van der Waals surface area contributed by atoms with Crippen LogP contribution in [0.15, 0.2) is 60.7 Å². The minimum atomic E-state index is -0.975. The van der Waals surface area contributed by atoms with Crippen molar-refractivity contribution in [3.63, 3.8) is 0 Å². The van der Waals surface area contributed by atoms with Gasteiger partial charge in [0.25, 0.3) is 17.7 Å². The Morgan fingerprint density at radius 3 is 2.09 bits per heavy atom. The van der Waals surface area contributed by atoms with E-state index in [9.17, 15) is 24.0 Å². The molecule has 3 aromatic carbocycles. The largest absolute Gasteiger partial charge is 0.490 e. The summed E-state index contributed by atoms with van der Waals surface area (Å²) in [6, 6.07) is 19.9. The summed E-state index contributed by atoms with van der Waals surface area (Å²) in [7, 11) is 0. The van der Waals surface area contributed by atoms with E-state index in [2.05, 4.69) is 38.2 Å². The number of benzene rings is 3. The van der Waals surface area contributed by atoms with E-state index in [4.69, 9.17) is 21.6 Å². The van der Waals surface area contributed by atoms with E-state index in [1.807, 2.05) is 23.1 Å². The van der Waals surface area contributed by atoms with Crippen LogP contribution in [0.4, 0.5) is 11.4 Å². The molecule has 1 unspecified atom stereocenters. The van der Waals surface area contributed by atoms with Gasteiger partial charge in [0.2, 0.25) is 11.8 Å². The minimum absolute atomic E-state index is 0.0198. The molecule has 5 amide bonds. The first-order chi connectivity index (χ1) is 26.7. The van der Waals surface area contributed by atoms with Crippen LogP contribution in [0, 0.1) is 11.3 Å². The van der Waals surface area contributed by atoms with Gasteiger partial charge in [-0.25, -0.2) is 0 Å². The zero-order valence-corrected chi connectivity index (χ0v) is 31.2. The molecule has 0 spiro atoms. The van der Waals surface area contributed by atoms with Gasteiger partial charge >= 0.3 is 0 Å². The van der Waals surface area contributed by atoms with Crippen molar-refractivity contribution in [1.29, 1.82) is 5.26 Å². The molecule has 284 valence electrons. The molecule has 5 heterocycles. The highest BCUT2D eigenvalue weighted by molar-refractivity contribution is 6.31. The predicted octanol–water partition coefficient (Wildman–Crippen LogP) is 4.09. The number of nitrogens with zero attached hydrogens (tertiary/aromatic N) is 6. The summed E-state index contributed by atoms with van der Waals surface area (Å²) in [6.45, 7) is 6.45. The summed E-state index contributed by atoms with van der Waals surface area (Å²) in [4.78, 5) is 73.9. The quantitative estimate of drug-likeness (QED) is 0.350. The SMILES string of the molecule is N#Cc1ccc(OC2CCN(C(=O)c3ccc(N4CCC(N5CCN(c6ccc7c(c6)C(=O)N(C6CCC(=O)NC6=O)C7=O)CC5)CC4)cc3)CC2)cc1Cl. The van der Waals surface area contributed by atoms with Crippen molar-refractivity contribution in [2.24, 2.45) is 0 Å². The number of piperidine rings is 3. The number of fused-ring (bicyclic) bond motifs is 1. The van der Waals surface area contributed by atoms with Crippen LogP contribution < -0.4 is 19.9 Å². The molecule has 5 aliphatic rings. The summed E-state index contributed by atoms with van der Waals surface area (Å²) >= 11 is 6.15. The van der Waals surface area contributed by atoms with Gasteiger partial charge in [-0.3, -0.25) is 39.1 Å². The fraction of sp³-hybridized carbons (Fsp3) is 0.415. The van der Waals surface area contributed by atoms with E-state index >= 15 is 0 Å². The average molecular weight is 764 g/mol. The first kappa shape index (κ1) is 36.5. The number of amides is 5. The lowest BCUT2D eigenvalue weighted by Crippen LogP contribution is -2.54. The number of carbonyl (C=O) groups is 5. The molecule has 0 aliphatic carbocycles. The van der Waals surface area contributed by atoms with E-state index in [0.29, 0.717) is 52.2 Å². The Bertz CT molecular complexity index is 2060. The Morgan fingerprint density at radius 1 is 0.745 bits per heavy atom. The van der Waals surface area contributed by atoms with Gasteiger partial charge < -0.3 is 19.4 Å². The number of ether oxygens (including phenoxy) is 1. The van der Waals surface area contributed by atoms with Crippen molar-refractivity contribution in [3.05, 3.63) is 87.9 Å². The molecule has 1 atom stereocenters. The number of nitriles is 1. The third-order valence-electron chi connectivity index (χ3n) is 11.7. The molecular formula is C41H42ClN7O6. The topological polar surface area (TPSA) is 147 Å². The molecule has 13 nitrogen and oxygen atoms in total. The number of carbonyl (C=O) groups excluding carboxylic acids is 5. The molecule has 3 aromatic rings. The number of likely N-dealkylation sites (tertiary alicyclic amines) is 1. The third-order valence-corrected chi connectivity index (χ3v) is 12.0. The monoisotopic (exact) mass is 763 g/mol. The lowest BCUT2D eigenvalue weighted by Gasteiger charge is -2.44. The Kier molecular flexibility index (Phi) is 10.2. The minimum Gasteiger partial charge on any atom is -0.490 e. The summed E-state index contributed by atoms with van der Waals surface area (Å²) in [5, 5.41) is 11.7. The standard InChI is InChI=1S/C41H42ClN7O6/c42-35-24-32(7-3-27(35)25-43)55-31-13-17-48(18-14-31)39(52)26-1-4-28(5-2-26)45-15-11-29(12-16-45)46-19-21-47(22-20-46)30-6-8-33-34(23-30)41(54)49(40(33)53)36-9-10-37(50)44-38(36)51/h1-8,23-24,29,31,36H,9-22H2,(H,44,50,51). The van der Waals surface area contributed by atoms with Crippen LogP contribution in [0.25, 0.3) is 0 Å². The average Bonchev–Trinajstić information content (AvgIpc) is 3.46. The van der Waals surface area contributed by atoms with Gasteiger partial charge in [0, 0.05) is 101 Å². The van der Waals surface area contributed by atoms with E-state index in [1.54, 1.807) is 30.3 Å². The van der Waals surface area contributed by atoms with Crippen molar-refractivity contribution in [2.75, 3.05) is 62.2 Å². The van der Waals surface area contributed by atoms with Crippen LogP contribution in [0.5, 0.6) is 5.75 Å². The third kappa shape index (κ3) is 7.36. The number of hydrogen-bond donors (Lipinski definition) is 1. The molecule has 4 saturated heterocycles. The second-order valence-corrected chi connectivity index (χ2v) is 15.2. The Morgan fingerprint density at radius 2 is 1.42 bits per heavy atom. The van der Waals surface area contributed by atoms with Crippen LogP contribution in [0.2, 0.25) is 5.02 Å². The highest BCUT2D eigenvalue weighted by Crippen LogP contribution is 2.32. The van der Waals surface area contributed by atoms with Crippen LogP contribution in [0.1, 0.15) is 75.2 Å². The normalized spacial score (nSPS) is 21.4. The lowest BCUT2D eigenvalue weighted by molar-refractivity contribution is -0.136. The van der Waals surface area contributed by atoms with Crippen molar-refractivity contribution in [3.8, 4) is 11.8 Å². The number of rotatable bonds is 7. The molecule has 0 bridgehead atoms. The number of nitrogens with one attached hydrogen (secondary N) is 1. The van der Waals surface area contributed by atoms with Crippen LogP contribution in [-0.4, -0.2) is 115 Å². The highest BCUT2D eigenvalue weighted by Gasteiger charge is 2.45. The van der Waals surface area contributed by atoms with Gasteiger partial charge in [0.05, 0.1) is 21.7 Å². The maximum atomic E-state index is 13.3. The fourth-order valence-corrected chi connectivity index (χ4v) is 8.73. The molecule has 0 radical (unpaired) electrons. The first-order valence-corrected chi connectivity index (χ1v) is 19.4. The smallest absolute Gasteiger partial charge is 0.262 e. The molecule has 0 saturated carbocycles. The maximum absolute atomic E-state index is 13.3. The van der Waals surface area contributed by atoms with E-state index < -0.39 is 29.7 Å². The van der Waals surface area contributed by atoms with E-state index in [1.165, 1.54) is 0 Å². The fourth-order valence-electron chi connectivity index (χ4n) is 8.52. The van der Waals surface area contributed by atoms with Crippen LogP contribution >= 0.6 is 11.6 Å². The van der Waals surface area contributed by atoms with Gasteiger partial charge in [0.15, 0.2) is 0 Å². The summed E-state index contributed by atoms with van der Waals surface area (Å²) in [5.41, 5.74) is 3.69. The summed E-state index contributed by atoms with van der Waals surface area (Å²) < 4.78 is 6.09. The Balaban J connectivity index is 0.788. The lowest BCUT2D eigenvalue weighted by atomic mass is 10.0. The summed E-state index contributed by atoms with van der Waals surface area (Å²) in [6.07, 6.45) is 3.72. The second-order valence-electron chi connectivity index (χ2n) is 14.8. The zero-order chi connectivity index (χ0) is 38.2.